The first-order valence-electron chi connectivity index (χ1n) is 1.03. The van der Waals surface area contributed by atoms with E-state index in [1.165, 1.54) is 0 Å². The van der Waals surface area contributed by atoms with Crippen LogP contribution in [0.25, 0.3) is 0 Å². The molecule has 2 N–H and O–H groups in total. The molecule has 0 rings (SSSR count). The molecule has 0 atom stereocenters. The summed E-state index contributed by atoms with van der Waals surface area (Å²) in [5.41, 5.74) is 0. The maximum absolute atomic E-state index is 8.67. The van der Waals surface area contributed by atoms with Gasteiger partial charge in [0.05, 0.1) is 0 Å². The quantitative estimate of drug-likeness (QED) is 0.419. The fourth-order valence-corrected chi connectivity index (χ4v) is 0. The highest BCUT2D eigenvalue weighted by molar-refractivity contribution is 7.60. The number of hydrogen-bond donors (Lipinski definition) is 2. The first-order chi connectivity index (χ1) is 3.15. The van der Waals surface area contributed by atoms with Crippen molar-refractivity contribution in [1.29, 1.82) is 4.78 Å². The Hall–Kier alpha value is -0.910. The van der Waals surface area contributed by atoms with Gasteiger partial charge < -0.3 is 5.11 Å². The van der Waals surface area contributed by atoms with Crippen LogP contribution in [0.1, 0.15) is 0 Å². The van der Waals surface area contributed by atoms with E-state index in [-0.39, 0.29) is 6.47 Å². The van der Waals surface area contributed by atoms with E-state index in [4.69, 9.17) is 23.1 Å². The minimum Gasteiger partial charge on any atom is -0.483 e. The molecule has 0 heterocycles. The van der Waals surface area contributed by atoms with Crippen molar-refractivity contribution in [3.63, 3.8) is 0 Å². The van der Waals surface area contributed by atoms with Crippen LogP contribution in [0.4, 0.5) is 0 Å². The number of carbonyl (C=O) groups is 1. The maximum atomic E-state index is 8.67. The third-order valence-electron chi connectivity index (χ3n) is 0. The van der Waals surface area contributed by atoms with Gasteiger partial charge in [0.25, 0.3) is 6.47 Å². The monoisotopic (exact) mass is 125 g/mol. The molecule has 0 aromatic rings. The molecule has 0 saturated heterocycles. The zero-order valence-electron chi connectivity index (χ0n) is 3.16. The Balaban J connectivity index is 0. The second kappa shape index (κ2) is 8.92. The molecule has 0 spiro atoms. The Bertz CT molecular complexity index is 112. The van der Waals surface area contributed by atoms with Crippen molar-refractivity contribution in [2.45, 2.75) is 0 Å². The van der Waals surface area contributed by atoms with Gasteiger partial charge in [-0.25, -0.2) is 0 Å². The highest BCUT2D eigenvalue weighted by atomic mass is 32.2. The number of nitrogens with one attached hydrogen (secondary N) is 1. The first kappa shape index (κ1) is 9.43. The van der Waals surface area contributed by atoms with Crippen molar-refractivity contribution >= 4 is 17.0 Å². The van der Waals surface area contributed by atoms with Crippen molar-refractivity contribution in [3.05, 3.63) is 0 Å². The van der Waals surface area contributed by atoms with Gasteiger partial charge >= 0.3 is 10.5 Å². The summed E-state index contributed by atoms with van der Waals surface area (Å²) in [4.78, 5) is 8.36. The smallest absolute Gasteiger partial charge is 0.308 e. The second-order valence-electron chi connectivity index (χ2n) is 0.340. The van der Waals surface area contributed by atoms with Crippen molar-refractivity contribution in [2.75, 3.05) is 0 Å². The molecule has 0 aromatic carbocycles. The third-order valence-corrected chi connectivity index (χ3v) is 0. The third kappa shape index (κ3) is 58.7. The molecular formula is CH3NO4S. The number of rotatable bonds is 0. The van der Waals surface area contributed by atoms with Crippen LogP contribution in [0.5, 0.6) is 0 Å². The topological polar surface area (TPSA) is 95.3 Å². The van der Waals surface area contributed by atoms with Crippen molar-refractivity contribution < 1.29 is 18.3 Å². The predicted octanol–water partition coefficient (Wildman–Crippen LogP) is -0.671. The van der Waals surface area contributed by atoms with E-state index in [9.17, 15) is 0 Å². The zero-order valence-corrected chi connectivity index (χ0v) is 3.97. The maximum Gasteiger partial charge on any atom is 0.308 e. The Morgan fingerprint density at radius 1 is 1.57 bits per heavy atom. The average molecular weight is 125 g/mol. The zero-order chi connectivity index (χ0) is 6.28. The first-order valence-corrected chi connectivity index (χ1v) is 2.11. The number of carboxylic acid groups (broad SMARTS) is 1. The Labute approximate surface area is 41.1 Å². The van der Waals surface area contributed by atoms with Crippen LogP contribution in [0, 0.1) is 4.78 Å². The van der Waals surface area contributed by atoms with Crippen molar-refractivity contribution in [3.8, 4) is 0 Å². The van der Waals surface area contributed by atoms with Crippen LogP contribution in [0.15, 0.2) is 0 Å². The Morgan fingerprint density at radius 2 is 1.57 bits per heavy atom. The van der Waals surface area contributed by atoms with Gasteiger partial charge in [0.15, 0.2) is 0 Å². The van der Waals surface area contributed by atoms with Crippen molar-refractivity contribution in [2.24, 2.45) is 0 Å². The van der Waals surface area contributed by atoms with E-state index in [0.717, 1.165) is 0 Å². The summed E-state index contributed by atoms with van der Waals surface area (Å²) in [5, 5.41) is 6.89. The molecule has 0 radical (unpaired) electrons. The lowest BCUT2D eigenvalue weighted by molar-refractivity contribution is -0.122. The predicted molar refractivity (Wildman–Crippen MR) is 20.3 cm³/mol. The lowest BCUT2D eigenvalue weighted by Gasteiger charge is -1.34. The summed E-state index contributed by atoms with van der Waals surface area (Å²) in [6.45, 7) is -0.250. The van der Waals surface area contributed by atoms with Crippen molar-refractivity contribution in [1.82, 2.24) is 0 Å². The molecule has 6 heteroatoms. The minimum atomic E-state index is -2.61. The molecule has 0 aliphatic carbocycles. The second-order valence-corrected chi connectivity index (χ2v) is 0.810. The summed E-state index contributed by atoms with van der Waals surface area (Å²) in [6, 6.07) is 0. The van der Waals surface area contributed by atoms with E-state index in [1.807, 2.05) is 0 Å². The molecular weight excluding hydrogens is 122 g/mol. The summed E-state index contributed by atoms with van der Waals surface area (Å²) >= 11 is 0. The highest BCUT2D eigenvalue weighted by Crippen LogP contribution is 1.15. The van der Waals surface area contributed by atoms with Crippen LogP contribution in [0.2, 0.25) is 0 Å². The number of hydrogen-bond acceptors (Lipinski definition) is 4. The molecule has 0 fully saturated rings. The van der Waals surface area contributed by atoms with E-state index in [0.29, 0.717) is 0 Å². The van der Waals surface area contributed by atoms with Gasteiger partial charge in [0.2, 0.25) is 0 Å². The van der Waals surface area contributed by atoms with E-state index in [2.05, 4.69) is 0 Å². The van der Waals surface area contributed by atoms with E-state index < -0.39 is 10.5 Å². The fourth-order valence-electron chi connectivity index (χ4n) is 0. The Kier molecular flexibility index (Phi) is 12.0. The SMILES string of the molecule is N=S(=O)=O.O=CO. The van der Waals surface area contributed by atoms with E-state index in [1.54, 1.807) is 0 Å². The van der Waals surface area contributed by atoms with Gasteiger partial charge in [-0.1, -0.05) is 0 Å². The van der Waals surface area contributed by atoms with E-state index >= 15 is 0 Å². The van der Waals surface area contributed by atoms with Gasteiger partial charge in [-0.05, 0) is 0 Å². The summed E-state index contributed by atoms with van der Waals surface area (Å²) in [7, 11) is -2.61. The molecule has 42 valence electrons. The van der Waals surface area contributed by atoms with Crippen LogP contribution in [-0.2, 0) is 15.3 Å². The summed E-state index contributed by atoms with van der Waals surface area (Å²) in [6.07, 6.45) is 0. The summed E-state index contributed by atoms with van der Waals surface area (Å²) in [5.74, 6) is 0. The van der Waals surface area contributed by atoms with Gasteiger partial charge in [-0.2, -0.15) is 13.2 Å². The fraction of sp³-hybridized carbons (Fsp3) is 0. The molecule has 0 aliphatic heterocycles. The molecule has 0 bridgehead atoms. The van der Waals surface area contributed by atoms with Crippen LogP contribution >= 0.6 is 0 Å². The molecule has 0 aliphatic rings. The standard InChI is InChI=1S/CH2O2.HNO2S/c2-1-3;1-4(2)3/h1H,(H,2,3);1H. The average Bonchev–Trinajstić information content (AvgIpc) is 1.33. The van der Waals surface area contributed by atoms with Crippen LogP contribution in [0.3, 0.4) is 0 Å². The van der Waals surface area contributed by atoms with Crippen LogP contribution < -0.4 is 0 Å². The molecule has 5 nitrogen and oxygen atoms in total. The molecule has 0 saturated carbocycles. The van der Waals surface area contributed by atoms with Gasteiger partial charge in [-0.3, -0.25) is 4.79 Å². The normalized spacial score (nSPS) is 5.14. The largest absolute Gasteiger partial charge is 0.483 e. The minimum absolute atomic E-state index is 0.250. The molecule has 0 amide bonds. The molecule has 0 aromatic heterocycles. The summed E-state index contributed by atoms with van der Waals surface area (Å²) < 4.78 is 22.8. The Morgan fingerprint density at radius 3 is 1.57 bits per heavy atom. The van der Waals surface area contributed by atoms with Gasteiger partial charge in [0, 0.05) is 0 Å². The highest BCUT2D eigenvalue weighted by Gasteiger charge is 1.32. The molecule has 7 heavy (non-hydrogen) atoms. The van der Waals surface area contributed by atoms with Gasteiger partial charge in [-0.15, -0.1) is 0 Å². The van der Waals surface area contributed by atoms with Gasteiger partial charge in [0.1, 0.15) is 0 Å². The lowest BCUT2D eigenvalue weighted by Crippen LogP contribution is -1.49. The van der Waals surface area contributed by atoms with Crippen LogP contribution in [-0.4, -0.2) is 20.0 Å². The molecule has 0 unspecified atom stereocenters. The lowest BCUT2D eigenvalue weighted by atomic mass is 11.7.